The highest BCUT2D eigenvalue weighted by Crippen LogP contribution is 2.60. The first-order valence-electron chi connectivity index (χ1n) is 21.1. The summed E-state index contributed by atoms with van der Waals surface area (Å²) in [6.07, 6.45) is 2.06. The standard InChI is InChI=1S/C23H32BrNO5.C22H32BrNO4.CH4.H2/c1-16(2)11-25-14-21(10-17-4-6-18(24)7-5-17)12-23(29-8-9-30-23)13-22(15-25,19(21)26)20(27)28-3;1-16(2)10-24-13-20(9-17-3-5-18(23)6-4-17)11-22(27-7-8-28-22)12-21(14-24,15-25)19(20)26;;/h4-7,16,19,26H,8-15H2,1-3H3;3-6,16,19,25-26H,7-15H2,1-2H3;1H4;1H/i;;;1+1. The highest BCUT2D eigenvalue weighted by Gasteiger charge is 2.69. The summed E-state index contributed by atoms with van der Waals surface area (Å²) in [6.45, 7) is 15.4. The van der Waals surface area contributed by atoms with Gasteiger partial charge in [-0.2, -0.15) is 0 Å². The zero-order valence-electron chi connectivity index (χ0n) is 34.9. The molecule has 11 nitrogen and oxygen atoms in total. The number of rotatable bonds is 10. The molecule has 3 N–H and O–H groups in total. The van der Waals surface area contributed by atoms with Gasteiger partial charge < -0.3 is 48.8 Å². The van der Waals surface area contributed by atoms with Crippen molar-refractivity contribution >= 4 is 37.8 Å². The van der Waals surface area contributed by atoms with Gasteiger partial charge in [0.15, 0.2) is 11.6 Å². The maximum atomic E-state index is 13.2. The molecule has 6 unspecified atom stereocenters. The lowest BCUT2D eigenvalue weighted by molar-refractivity contribution is -0.293. The zero-order valence-corrected chi connectivity index (χ0v) is 38.1. The van der Waals surface area contributed by atoms with Crippen LogP contribution in [0.15, 0.2) is 57.5 Å². The molecule has 6 atom stereocenters. The van der Waals surface area contributed by atoms with Crippen molar-refractivity contribution in [2.24, 2.45) is 33.5 Å². The number of fused-ring (bicyclic) bond motifs is 4. The van der Waals surface area contributed by atoms with Crippen molar-refractivity contribution in [3.05, 3.63) is 68.6 Å². The van der Waals surface area contributed by atoms with E-state index in [2.05, 4.69) is 93.6 Å². The number of piperidine rings is 2. The molecular weight excluding hydrogens is 884 g/mol. The molecule has 332 valence electrons. The Bertz CT molecular complexity index is 1730. The number of aliphatic hydroxyl groups excluding tert-OH is 3. The molecule has 2 aromatic carbocycles. The van der Waals surface area contributed by atoms with Crippen molar-refractivity contribution in [3.63, 3.8) is 0 Å². The molecule has 4 bridgehead atoms. The largest absolute Gasteiger partial charge is 0.468 e. The van der Waals surface area contributed by atoms with E-state index in [4.69, 9.17) is 23.7 Å². The number of nitrogens with zero attached hydrogens (tertiary/aromatic N) is 2. The van der Waals surface area contributed by atoms with Crippen LogP contribution in [0.2, 0.25) is 0 Å². The smallest absolute Gasteiger partial charge is 0.315 e. The second-order valence-electron chi connectivity index (χ2n) is 19.4. The van der Waals surface area contributed by atoms with Gasteiger partial charge in [0.05, 0.1) is 52.4 Å². The second-order valence-corrected chi connectivity index (χ2v) is 21.2. The quantitative estimate of drug-likeness (QED) is 0.220. The van der Waals surface area contributed by atoms with Gasteiger partial charge in [-0.25, -0.2) is 0 Å². The number of hydrogen-bond donors (Lipinski definition) is 3. The highest BCUT2D eigenvalue weighted by molar-refractivity contribution is 9.10. The Morgan fingerprint density at radius 3 is 1.51 bits per heavy atom. The third-order valence-electron chi connectivity index (χ3n) is 13.6. The summed E-state index contributed by atoms with van der Waals surface area (Å²) in [5, 5.41) is 33.8. The number of hydrogen-bond acceptors (Lipinski definition) is 11. The SMILES string of the molecule is C.CC(C)CN1CC2(CO)CC3(CC(Cc4ccc(Br)cc4)(C1)C2O)OCCO3.COC(=O)C12CN(CC(C)C)CC(Cc3ccc(Br)cc3)(CC3(C1)OCCO3)C2O.[2HH]. The van der Waals surface area contributed by atoms with Gasteiger partial charge in [0.1, 0.15) is 5.41 Å². The number of ether oxygens (including phenoxy) is 5. The van der Waals surface area contributed by atoms with Gasteiger partial charge in [-0.1, -0.05) is 91.2 Å². The molecule has 2 saturated carbocycles. The predicted octanol–water partition coefficient (Wildman–Crippen LogP) is 6.72. The van der Waals surface area contributed by atoms with Crippen LogP contribution in [0.4, 0.5) is 0 Å². The monoisotopic (exact) mass is 953 g/mol. The minimum Gasteiger partial charge on any atom is -0.468 e. The summed E-state index contributed by atoms with van der Waals surface area (Å²) in [5.74, 6) is -0.909. The van der Waals surface area contributed by atoms with Crippen molar-refractivity contribution in [1.82, 2.24) is 9.80 Å². The molecule has 2 aliphatic carbocycles. The number of likely N-dealkylation sites (tertiary alicyclic amines) is 2. The summed E-state index contributed by atoms with van der Waals surface area (Å²) < 4.78 is 31.8. The fourth-order valence-corrected chi connectivity index (χ4v) is 12.6. The van der Waals surface area contributed by atoms with E-state index < -0.39 is 45.4 Å². The summed E-state index contributed by atoms with van der Waals surface area (Å²) in [4.78, 5) is 18.0. The first kappa shape index (κ1) is 47.0. The Hall–Kier alpha value is -1.49. The maximum absolute atomic E-state index is 13.2. The minimum atomic E-state index is -1.07. The molecule has 4 heterocycles. The Morgan fingerprint density at radius 1 is 0.695 bits per heavy atom. The van der Waals surface area contributed by atoms with Gasteiger partial charge in [-0.15, -0.1) is 0 Å². The average molecular weight is 956 g/mol. The van der Waals surface area contributed by atoms with Crippen LogP contribution in [0.25, 0.3) is 0 Å². The Kier molecular flexibility index (Phi) is 14.6. The molecular formula is C46H70Br2N2O9. The molecule has 59 heavy (non-hydrogen) atoms. The van der Waals surface area contributed by atoms with Crippen molar-refractivity contribution in [2.45, 2.75) is 97.4 Å². The molecule has 6 aliphatic rings. The lowest BCUT2D eigenvalue weighted by Crippen LogP contribution is -2.72. The van der Waals surface area contributed by atoms with Crippen LogP contribution in [-0.2, 0) is 41.3 Å². The number of carbonyl (C=O) groups is 1. The van der Waals surface area contributed by atoms with Crippen LogP contribution in [-0.4, -0.2) is 134 Å². The summed E-state index contributed by atoms with van der Waals surface area (Å²) in [6, 6.07) is 16.5. The van der Waals surface area contributed by atoms with Gasteiger partial charge in [0.2, 0.25) is 0 Å². The second kappa shape index (κ2) is 18.3. The van der Waals surface area contributed by atoms with Crippen LogP contribution in [0.5, 0.6) is 0 Å². The van der Waals surface area contributed by atoms with E-state index in [1.165, 1.54) is 12.7 Å². The molecule has 0 radical (unpaired) electrons. The van der Waals surface area contributed by atoms with E-state index in [1.54, 1.807) is 0 Å². The minimum absolute atomic E-state index is 0. The molecule has 8 rings (SSSR count). The summed E-state index contributed by atoms with van der Waals surface area (Å²) in [7, 11) is 1.40. The third-order valence-corrected chi connectivity index (χ3v) is 14.6. The molecule has 0 aromatic heterocycles. The van der Waals surface area contributed by atoms with Crippen LogP contribution >= 0.6 is 31.9 Å². The van der Waals surface area contributed by atoms with Gasteiger partial charge in [-0.05, 0) is 60.1 Å². The van der Waals surface area contributed by atoms with Crippen LogP contribution in [0.1, 0.15) is 73.4 Å². The van der Waals surface area contributed by atoms with Crippen molar-refractivity contribution in [3.8, 4) is 0 Å². The number of esters is 1. The van der Waals surface area contributed by atoms with E-state index in [0.717, 1.165) is 40.6 Å². The van der Waals surface area contributed by atoms with E-state index in [0.29, 0.717) is 90.0 Å². The van der Waals surface area contributed by atoms with E-state index in [1.807, 2.05) is 24.3 Å². The van der Waals surface area contributed by atoms with Gasteiger partial charge in [-0.3, -0.25) is 4.79 Å². The van der Waals surface area contributed by atoms with Crippen molar-refractivity contribution < 1.29 is 45.2 Å². The number of aliphatic hydroxyl groups is 3. The van der Waals surface area contributed by atoms with E-state index in [-0.39, 0.29) is 21.4 Å². The number of benzene rings is 2. The Balaban J connectivity index is 0.000000221. The lowest BCUT2D eigenvalue weighted by Gasteiger charge is -2.62. The normalized spacial score (nSPS) is 33.5. The molecule has 2 spiro atoms. The number of methoxy groups -OCH3 is 1. The van der Waals surface area contributed by atoms with Gasteiger partial charge >= 0.3 is 5.97 Å². The first-order valence-corrected chi connectivity index (χ1v) is 22.7. The predicted molar refractivity (Wildman–Crippen MR) is 236 cm³/mol. The van der Waals surface area contributed by atoms with Gasteiger partial charge in [0, 0.05) is 91.6 Å². The zero-order chi connectivity index (χ0) is 41.6. The first-order chi connectivity index (χ1) is 27.5. The number of halogens is 2. The van der Waals surface area contributed by atoms with Crippen LogP contribution in [0.3, 0.4) is 0 Å². The summed E-state index contributed by atoms with van der Waals surface area (Å²) >= 11 is 7.01. The molecule has 2 aromatic rings. The van der Waals surface area contributed by atoms with E-state index in [9.17, 15) is 20.1 Å². The molecule has 13 heteroatoms. The van der Waals surface area contributed by atoms with Crippen LogP contribution in [0, 0.1) is 33.5 Å². The molecule has 4 aliphatic heterocycles. The summed E-state index contributed by atoms with van der Waals surface area (Å²) in [5.41, 5.74) is -0.359. The molecule has 0 amide bonds. The Morgan fingerprint density at radius 2 is 1.08 bits per heavy atom. The fraction of sp³-hybridized carbons (Fsp3) is 0.717. The van der Waals surface area contributed by atoms with E-state index >= 15 is 0 Å². The fourth-order valence-electron chi connectivity index (χ4n) is 12.0. The molecule has 4 saturated heterocycles. The number of carbonyl (C=O) groups excluding carboxylic acids is 1. The van der Waals surface area contributed by atoms with Crippen molar-refractivity contribution in [2.75, 3.05) is 79.4 Å². The van der Waals surface area contributed by atoms with Crippen LogP contribution < -0.4 is 0 Å². The van der Waals surface area contributed by atoms with Gasteiger partial charge in [0.25, 0.3) is 0 Å². The maximum Gasteiger partial charge on any atom is 0.315 e. The highest BCUT2D eigenvalue weighted by atomic mass is 79.9. The Labute approximate surface area is 370 Å². The topological polar surface area (TPSA) is 130 Å². The average Bonchev–Trinajstić information content (AvgIpc) is 3.81. The third kappa shape index (κ3) is 9.42. The molecule has 6 fully saturated rings. The van der Waals surface area contributed by atoms with Crippen molar-refractivity contribution in [1.29, 1.82) is 0 Å². The lowest BCUT2D eigenvalue weighted by atomic mass is 9.53.